The fourth-order valence-electron chi connectivity index (χ4n) is 1.01. The molecule has 0 saturated heterocycles. The molecule has 0 unspecified atom stereocenters. The van der Waals surface area contributed by atoms with Gasteiger partial charge in [-0.3, -0.25) is 0 Å². The maximum Gasteiger partial charge on any atom is 0.0489 e. The number of aromatic nitrogens is 1. The molecule has 1 nitrogen and oxygen atoms in total. The van der Waals surface area contributed by atoms with Gasteiger partial charge >= 0.3 is 0 Å². The first-order valence-electron chi connectivity index (χ1n) is 3.28. The molecule has 2 aromatic rings. The summed E-state index contributed by atoms with van der Waals surface area (Å²) in [7, 11) is 0. The van der Waals surface area contributed by atoms with Gasteiger partial charge in [-0.15, -0.1) is 23.6 Å². The van der Waals surface area contributed by atoms with Crippen LogP contribution in [0.15, 0.2) is 30.6 Å². The molecule has 2 rings (SSSR count). The van der Waals surface area contributed by atoms with Crippen molar-refractivity contribution in [3.8, 4) is 0 Å². The number of pyridine rings is 1. The molecule has 0 spiro atoms. The molecule has 0 amide bonds. The third-order valence-electron chi connectivity index (χ3n) is 1.55. The number of fused-ring (bicyclic) bond motifs is 1. The fraction of sp³-hybridized carbons (Fsp3) is 0. The topological polar surface area (TPSA) is 12.9 Å². The first-order valence-corrected chi connectivity index (χ1v) is 3.28. The summed E-state index contributed by atoms with van der Waals surface area (Å²) in [5.41, 5.74) is 0. The van der Waals surface area contributed by atoms with Crippen LogP contribution in [0, 0.1) is 11.9 Å². The second kappa shape index (κ2) is 4.06. The molecule has 1 aromatic carbocycles. The van der Waals surface area contributed by atoms with E-state index in [4.69, 9.17) is 0 Å². The Morgan fingerprint density at radius 2 is 2.17 bits per heavy atom. The summed E-state index contributed by atoms with van der Waals surface area (Å²) in [5, 5.41) is 1.29. The Hall–Kier alpha value is -0.336. The minimum atomic E-state index is -0.221. The Kier molecular flexibility index (Phi) is 3.30. The Morgan fingerprint density at radius 3 is 2.92 bits per heavy atom. The van der Waals surface area contributed by atoms with Gasteiger partial charge in [0.05, 0.1) is 0 Å². The normalized spacial score (nSPS) is 9.42. The van der Waals surface area contributed by atoms with Crippen LogP contribution in [0.3, 0.4) is 0 Å². The second-order valence-electron chi connectivity index (χ2n) is 2.25. The molecule has 0 fully saturated rings. The van der Waals surface area contributed by atoms with Gasteiger partial charge in [0.2, 0.25) is 0 Å². The van der Waals surface area contributed by atoms with Gasteiger partial charge in [0.25, 0.3) is 0 Å². The minimum Gasteiger partial charge on any atom is -0.313 e. The molecule has 12 heavy (non-hydrogen) atoms. The maximum atomic E-state index is 12.9. The van der Waals surface area contributed by atoms with Crippen LogP contribution in [-0.2, 0) is 32.7 Å². The molecule has 1 aromatic heterocycles. The summed E-state index contributed by atoms with van der Waals surface area (Å²) in [6.45, 7) is 0. The van der Waals surface area contributed by atoms with E-state index in [0.29, 0.717) is 10.8 Å². The largest absolute Gasteiger partial charge is 0.313 e. The SMILES string of the molecule is Fc1cc[c-]c2cnccc12.[Y]. The van der Waals surface area contributed by atoms with Crippen molar-refractivity contribution < 1.29 is 37.1 Å². The van der Waals surface area contributed by atoms with Crippen LogP contribution >= 0.6 is 0 Å². The van der Waals surface area contributed by atoms with Gasteiger partial charge in [-0.25, -0.2) is 4.39 Å². The van der Waals surface area contributed by atoms with Gasteiger partial charge in [-0.05, 0) is 6.20 Å². The molecule has 0 saturated carbocycles. The fourth-order valence-corrected chi connectivity index (χ4v) is 1.01. The van der Waals surface area contributed by atoms with Gasteiger partial charge in [0, 0.05) is 44.7 Å². The van der Waals surface area contributed by atoms with Crippen LogP contribution in [0.4, 0.5) is 4.39 Å². The zero-order valence-electron chi connectivity index (χ0n) is 6.29. The monoisotopic (exact) mass is 235 g/mol. The van der Waals surface area contributed by atoms with E-state index in [1.165, 1.54) is 6.07 Å². The molecular formula is C9H5FNY-. The van der Waals surface area contributed by atoms with E-state index in [9.17, 15) is 4.39 Å². The molecule has 57 valence electrons. The Bertz CT molecular complexity index is 384. The zero-order valence-corrected chi connectivity index (χ0v) is 9.13. The average molecular weight is 235 g/mol. The number of hydrogen-bond acceptors (Lipinski definition) is 1. The number of halogens is 1. The molecule has 0 atom stereocenters. The van der Waals surface area contributed by atoms with Gasteiger partial charge in [-0.2, -0.15) is 0 Å². The first-order chi connectivity index (χ1) is 5.38. The van der Waals surface area contributed by atoms with Crippen molar-refractivity contribution in [3.63, 3.8) is 0 Å². The van der Waals surface area contributed by atoms with E-state index in [-0.39, 0.29) is 38.5 Å². The van der Waals surface area contributed by atoms with Crippen LogP contribution in [0.5, 0.6) is 0 Å². The van der Waals surface area contributed by atoms with E-state index in [2.05, 4.69) is 11.1 Å². The van der Waals surface area contributed by atoms with E-state index >= 15 is 0 Å². The summed E-state index contributed by atoms with van der Waals surface area (Å²) in [6, 6.07) is 7.48. The predicted octanol–water partition coefficient (Wildman–Crippen LogP) is 2.17. The molecule has 3 heteroatoms. The Morgan fingerprint density at radius 1 is 1.33 bits per heavy atom. The average Bonchev–Trinajstić information content (AvgIpc) is 2.06. The third-order valence-corrected chi connectivity index (χ3v) is 1.55. The van der Waals surface area contributed by atoms with E-state index < -0.39 is 0 Å². The van der Waals surface area contributed by atoms with E-state index in [1.807, 2.05) is 0 Å². The smallest absolute Gasteiger partial charge is 0.0489 e. The molecule has 1 radical (unpaired) electrons. The molecule has 1 heterocycles. The molecule has 0 aliphatic heterocycles. The van der Waals surface area contributed by atoms with Crippen molar-refractivity contribution in [2.75, 3.05) is 0 Å². The van der Waals surface area contributed by atoms with Crippen LogP contribution in [0.1, 0.15) is 0 Å². The Labute approximate surface area is 94.9 Å². The van der Waals surface area contributed by atoms with Crippen molar-refractivity contribution in [1.82, 2.24) is 4.98 Å². The number of rotatable bonds is 0. The van der Waals surface area contributed by atoms with Crippen molar-refractivity contribution in [2.45, 2.75) is 0 Å². The van der Waals surface area contributed by atoms with Crippen LogP contribution < -0.4 is 0 Å². The van der Waals surface area contributed by atoms with Crippen molar-refractivity contribution >= 4 is 10.8 Å². The van der Waals surface area contributed by atoms with Gasteiger partial charge in [-0.1, -0.05) is 11.5 Å². The number of hydrogen-bond donors (Lipinski definition) is 0. The number of benzene rings is 1. The van der Waals surface area contributed by atoms with E-state index in [0.717, 1.165) is 0 Å². The molecule has 0 aliphatic rings. The first kappa shape index (κ1) is 9.75. The molecule has 0 bridgehead atoms. The predicted molar refractivity (Wildman–Crippen MR) is 40.5 cm³/mol. The van der Waals surface area contributed by atoms with Crippen molar-refractivity contribution in [1.29, 1.82) is 0 Å². The van der Waals surface area contributed by atoms with Crippen LogP contribution in [0.25, 0.3) is 10.8 Å². The summed E-state index contributed by atoms with van der Waals surface area (Å²) < 4.78 is 12.9. The van der Waals surface area contributed by atoms with Gasteiger partial charge < -0.3 is 4.98 Å². The summed E-state index contributed by atoms with van der Waals surface area (Å²) in [4.78, 5) is 3.86. The van der Waals surface area contributed by atoms with Crippen LogP contribution in [0.2, 0.25) is 0 Å². The zero-order chi connectivity index (χ0) is 7.68. The maximum absolute atomic E-state index is 12.9. The molecule has 0 N–H and O–H groups in total. The molecular weight excluding hydrogens is 230 g/mol. The number of nitrogens with zero attached hydrogens (tertiary/aromatic N) is 1. The third kappa shape index (κ3) is 1.70. The summed E-state index contributed by atoms with van der Waals surface area (Å²) in [5.74, 6) is -0.221. The van der Waals surface area contributed by atoms with E-state index in [1.54, 1.807) is 24.5 Å². The summed E-state index contributed by atoms with van der Waals surface area (Å²) in [6.07, 6.45) is 3.16. The quantitative estimate of drug-likeness (QED) is 0.637. The van der Waals surface area contributed by atoms with Crippen molar-refractivity contribution in [2.24, 2.45) is 0 Å². The minimum absolute atomic E-state index is 0. The Balaban J connectivity index is 0.000000720. The van der Waals surface area contributed by atoms with Gasteiger partial charge in [0.15, 0.2) is 0 Å². The van der Waals surface area contributed by atoms with Gasteiger partial charge in [0.1, 0.15) is 0 Å². The molecule has 0 aliphatic carbocycles. The summed E-state index contributed by atoms with van der Waals surface area (Å²) >= 11 is 0. The van der Waals surface area contributed by atoms with Crippen molar-refractivity contribution in [3.05, 3.63) is 42.5 Å². The standard InChI is InChI=1S/C9H5FN.Y/c10-9-3-1-2-7-6-11-5-4-8(7)9;/h1,3-6H;/q-1;. The second-order valence-corrected chi connectivity index (χ2v) is 2.25. The van der Waals surface area contributed by atoms with Crippen LogP contribution in [-0.4, -0.2) is 4.98 Å².